The third-order valence-corrected chi connectivity index (χ3v) is 3.14. The van der Waals surface area contributed by atoms with Crippen molar-refractivity contribution in [1.82, 2.24) is 0 Å². The molecule has 0 aliphatic carbocycles. The Morgan fingerprint density at radius 1 is 1.35 bits per heavy atom. The van der Waals surface area contributed by atoms with Crippen LogP contribution in [-0.4, -0.2) is 34.7 Å². The van der Waals surface area contributed by atoms with Gasteiger partial charge in [0.25, 0.3) is 0 Å². The summed E-state index contributed by atoms with van der Waals surface area (Å²) in [6.07, 6.45) is 1.56. The van der Waals surface area contributed by atoms with E-state index in [2.05, 4.69) is 31.9 Å². The molecule has 0 aromatic carbocycles. The first-order valence-electron chi connectivity index (χ1n) is 6.06. The highest BCUT2D eigenvalue weighted by atomic mass is 79.9. The number of esters is 1. The zero-order valence-corrected chi connectivity index (χ0v) is 14.5. The summed E-state index contributed by atoms with van der Waals surface area (Å²) in [4.78, 5) is 22.4. The Hall–Kier alpha value is -0.660. The quantitative estimate of drug-likeness (QED) is 0.276. The van der Waals surface area contributed by atoms with E-state index in [9.17, 15) is 19.8 Å². The van der Waals surface area contributed by atoms with Crippen molar-refractivity contribution in [3.63, 3.8) is 0 Å². The van der Waals surface area contributed by atoms with Crippen molar-refractivity contribution in [3.8, 4) is 0 Å². The maximum atomic E-state index is 11.5. The monoisotopic (exact) mass is 412 g/mol. The van der Waals surface area contributed by atoms with Gasteiger partial charge in [-0.2, -0.15) is 0 Å². The van der Waals surface area contributed by atoms with E-state index in [1.165, 1.54) is 13.0 Å². The molecule has 1 unspecified atom stereocenters. The summed E-state index contributed by atoms with van der Waals surface area (Å²) < 4.78 is 5.50. The summed E-state index contributed by atoms with van der Waals surface area (Å²) >= 11 is 6.07. The molecular formula is C13H18Br2O5. The standard InChI is InChI=1S/C13H18Br2O5/c1-3-4-11(20-12(19)5-8(2)17)9(7-16)6-10(18)13(14)15/h6,11,16,18H,3-5,7H2,1-2H3/b9-6+. The smallest absolute Gasteiger partial charge is 0.313 e. The molecule has 0 aromatic heterocycles. The number of rotatable bonds is 8. The predicted molar refractivity (Wildman–Crippen MR) is 82.8 cm³/mol. The Kier molecular flexibility index (Phi) is 9.79. The normalized spacial score (nSPS) is 12.8. The van der Waals surface area contributed by atoms with Crippen LogP contribution in [0.2, 0.25) is 0 Å². The summed E-state index contributed by atoms with van der Waals surface area (Å²) in [6.45, 7) is 2.83. The highest BCUT2D eigenvalue weighted by Gasteiger charge is 2.19. The number of ketones is 1. The molecule has 0 heterocycles. The Morgan fingerprint density at radius 2 is 1.95 bits per heavy atom. The van der Waals surface area contributed by atoms with Gasteiger partial charge in [0.15, 0.2) is 0 Å². The molecule has 0 radical (unpaired) electrons. The summed E-state index contributed by atoms with van der Waals surface area (Å²) in [7, 11) is 0. The third kappa shape index (κ3) is 7.81. The molecule has 2 N–H and O–H groups in total. The molecule has 1 atom stereocenters. The van der Waals surface area contributed by atoms with Gasteiger partial charge in [-0.3, -0.25) is 9.59 Å². The van der Waals surface area contributed by atoms with E-state index in [0.29, 0.717) is 15.4 Å². The summed E-state index contributed by atoms with van der Waals surface area (Å²) in [5, 5.41) is 19.0. The van der Waals surface area contributed by atoms with Gasteiger partial charge in [0.05, 0.1) is 6.61 Å². The second-order valence-corrected chi connectivity index (χ2v) is 6.82. The molecule has 7 heteroatoms. The van der Waals surface area contributed by atoms with Crippen molar-refractivity contribution in [1.29, 1.82) is 0 Å². The molecule has 114 valence electrons. The Balaban J connectivity index is 5.07. The molecule has 0 saturated heterocycles. The van der Waals surface area contributed by atoms with Crippen molar-refractivity contribution in [3.05, 3.63) is 20.8 Å². The number of hydrogen-bond donors (Lipinski definition) is 2. The van der Waals surface area contributed by atoms with E-state index < -0.39 is 12.1 Å². The topological polar surface area (TPSA) is 83.8 Å². The van der Waals surface area contributed by atoms with Gasteiger partial charge < -0.3 is 14.9 Å². The molecule has 0 aromatic rings. The van der Waals surface area contributed by atoms with Gasteiger partial charge in [0.2, 0.25) is 0 Å². The minimum Gasteiger partial charge on any atom is -0.506 e. The number of Topliss-reactive ketones (excluding diaryl/α,β-unsaturated/α-hetero) is 1. The average Bonchev–Trinajstić information content (AvgIpc) is 2.33. The third-order valence-electron chi connectivity index (χ3n) is 2.33. The van der Waals surface area contributed by atoms with Crippen molar-refractivity contribution in [2.45, 2.75) is 39.2 Å². The van der Waals surface area contributed by atoms with Crippen LogP contribution in [0.3, 0.4) is 0 Å². The summed E-state index contributed by atoms with van der Waals surface area (Å²) in [5.41, 5.74) is 0.359. The largest absolute Gasteiger partial charge is 0.506 e. The summed E-state index contributed by atoms with van der Waals surface area (Å²) in [6, 6.07) is 0. The minimum atomic E-state index is -0.668. The average molecular weight is 414 g/mol. The van der Waals surface area contributed by atoms with Gasteiger partial charge in [-0.25, -0.2) is 0 Å². The molecule has 0 bridgehead atoms. The lowest BCUT2D eigenvalue weighted by Crippen LogP contribution is -2.23. The van der Waals surface area contributed by atoms with Gasteiger partial charge >= 0.3 is 5.97 Å². The maximum Gasteiger partial charge on any atom is 0.313 e. The molecular weight excluding hydrogens is 396 g/mol. The number of carbonyl (C=O) groups is 2. The van der Waals surface area contributed by atoms with E-state index >= 15 is 0 Å². The molecule has 5 nitrogen and oxygen atoms in total. The van der Waals surface area contributed by atoms with Gasteiger partial charge in [-0.05, 0) is 56.9 Å². The number of aliphatic hydroxyl groups is 2. The molecule has 0 fully saturated rings. The Morgan fingerprint density at radius 3 is 2.35 bits per heavy atom. The van der Waals surface area contributed by atoms with Crippen molar-refractivity contribution in [2.24, 2.45) is 0 Å². The Labute approximate surface area is 134 Å². The molecule has 0 saturated carbocycles. The van der Waals surface area contributed by atoms with Gasteiger partial charge in [0.1, 0.15) is 27.5 Å². The van der Waals surface area contributed by atoms with Crippen LogP contribution in [0.5, 0.6) is 0 Å². The van der Waals surface area contributed by atoms with E-state index in [-0.39, 0.29) is 24.6 Å². The fourth-order valence-corrected chi connectivity index (χ4v) is 1.69. The highest BCUT2D eigenvalue weighted by molar-refractivity contribution is 9.28. The minimum absolute atomic E-state index is 0.127. The van der Waals surface area contributed by atoms with E-state index in [1.54, 1.807) is 0 Å². The Bertz CT molecular complexity index is 411. The lowest BCUT2D eigenvalue weighted by Gasteiger charge is -2.19. The predicted octanol–water partition coefficient (Wildman–Crippen LogP) is 3.11. The van der Waals surface area contributed by atoms with Crippen molar-refractivity contribution >= 4 is 43.6 Å². The van der Waals surface area contributed by atoms with Crippen molar-refractivity contribution < 1.29 is 24.5 Å². The number of allylic oxidation sites excluding steroid dienone is 1. The fraction of sp³-hybridized carbons (Fsp3) is 0.538. The second-order valence-electron chi connectivity index (χ2n) is 4.17. The van der Waals surface area contributed by atoms with Crippen LogP contribution in [0.1, 0.15) is 33.1 Å². The molecule has 0 spiro atoms. The first-order valence-corrected chi connectivity index (χ1v) is 7.64. The number of carbonyl (C=O) groups excluding carboxylic acids is 2. The first kappa shape index (κ1) is 19.3. The zero-order valence-electron chi connectivity index (χ0n) is 11.4. The molecule has 0 rings (SSSR count). The lowest BCUT2D eigenvalue weighted by atomic mass is 10.1. The number of hydrogen-bond acceptors (Lipinski definition) is 5. The van der Waals surface area contributed by atoms with E-state index in [0.717, 1.165) is 6.42 Å². The van der Waals surface area contributed by atoms with Gasteiger partial charge in [-0.15, -0.1) is 0 Å². The van der Waals surface area contributed by atoms with Gasteiger partial charge in [0, 0.05) is 0 Å². The number of halogens is 2. The number of ether oxygens (including phenoxy) is 1. The van der Waals surface area contributed by atoms with Crippen LogP contribution in [0.15, 0.2) is 20.8 Å². The molecule has 20 heavy (non-hydrogen) atoms. The summed E-state index contributed by atoms with van der Waals surface area (Å²) in [5.74, 6) is -1.06. The lowest BCUT2D eigenvalue weighted by molar-refractivity contribution is -0.149. The van der Waals surface area contributed by atoms with Crippen LogP contribution in [0.4, 0.5) is 0 Å². The highest BCUT2D eigenvalue weighted by Crippen LogP contribution is 2.22. The zero-order chi connectivity index (χ0) is 15.7. The first-order chi connectivity index (χ1) is 9.31. The van der Waals surface area contributed by atoms with Crippen molar-refractivity contribution in [2.75, 3.05) is 6.61 Å². The van der Waals surface area contributed by atoms with Crippen LogP contribution >= 0.6 is 31.9 Å². The fourth-order valence-electron chi connectivity index (χ4n) is 1.46. The van der Waals surface area contributed by atoms with Crippen LogP contribution in [-0.2, 0) is 14.3 Å². The van der Waals surface area contributed by atoms with Crippen LogP contribution in [0, 0.1) is 0 Å². The SMILES string of the molecule is CCCC(OC(=O)CC(C)=O)/C(=C/C(O)=C(Br)Br)CO. The van der Waals surface area contributed by atoms with E-state index in [1.807, 2.05) is 6.92 Å². The number of aliphatic hydroxyl groups excluding tert-OH is 2. The van der Waals surface area contributed by atoms with Crippen LogP contribution in [0.25, 0.3) is 0 Å². The van der Waals surface area contributed by atoms with Gasteiger partial charge in [-0.1, -0.05) is 13.3 Å². The molecule has 0 aliphatic rings. The molecule has 0 amide bonds. The molecule has 0 aliphatic heterocycles. The van der Waals surface area contributed by atoms with E-state index in [4.69, 9.17) is 4.74 Å². The second kappa shape index (κ2) is 10.1. The van der Waals surface area contributed by atoms with Crippen LogP contribution < -0.4 is 0 Å². The maximum absolute atomic E-state index is 11.5.